The summed E-state index contributed by atoms with van der Waals surface area (Å²) in [6.07, 6.45) is 6.74. The van der Waals surface area contributed by atoms with E-state index >= 15 is 0 Å². The lowest BCUT2D eigenvalue weighted by Gasteiger charge is -2.19. The standard InChI is InChI=1S/C16H25NO5S.C15H25NO3/c1-14-7-9-15(10-8-14)16(6-4-5-11-20-2)17-21-12-13-22-23(3,18)19;1-13-6-8-14(9-7-13)15(16-19-12-10-17)5-3-4-11-18-2/h7-10H,4-6,11-13H2,1-3H3;6-9,15-17H,3-5,10-12H2,1-2H3/b17-16+;. The molecule has 2 N–H and O–H groups in total. The number of aliphatic hydroxyl groups excluding tert-OH is 1. The monoisotopic (exact) mass is 610 g/mol. The molecule has 2 aromatic rings. The lowest BCUT2D eigenvalue weighted by Crippen LogP contribution is -2.23. The van der Waals surface area contributed by atoms with Gasteiger partial charge in [0.2, 0.25) is 0 Å². The SMILES string of the molecule is COCCCC/C(=N\OCCOS(C)(=O)=O)c1ccc(C)cc1.COCCCCC(NOCCO)c1ccc(C)cc1. The molecule has 1 unspecified atom stereocenters. The van der Waals surface area contributed by atoms with Crippen LogP contribution in [0.5, 0.6) is 0 Å². The number of hydrogen-bond donors (Lipinski definition) is 2. The maximum Gasteiger partial charge on any atom is 0.264 e. The molecule has 0 saturated carbocycles. The van der Waals surface area contributed by atoms with Gasteiger partial charge in [-0.2, -0.15) is 13.9 Å². The Labute approximate surface area is 252 Å². The number of ether oxygens (including phenoxy) is 2. The number of aryl methyl sites for hydroxylation is 2. The first-order chi connectivity index (χ1) is 20.2. The first kappa shape index (κ1) is 37.6. The average Bonchev–Trinajstić information content (AvgIpc) is 2.96. The Kier molecular flexibility index (Phi) is 20.7. The molecular formula is C31H50N2O8S. The molecule has 0 heterocycles. The van der Waals surface area contributed by atoms with Crippen molar-refractivity contribution in [3.05, 3.63) is 70.8 Å². The third kappa shape index (κ3) is 18.9. The van der Waals surface area contributed by atoms with Crippen molar-refractivity contribution in [3.63, 3.8) is 0 Å². The van der Waals surface area contributed by atoms with Crippen LogP contribution in [-0.2, 0) is 33.5 Å². The summed E-state index contributed by atoms with van der Waals surface area (Å²) in [4.78, 5) is 10.5. The molecule has 0 aliphatic rings. The van der Waals surface area contributed by atoms with E-state index in [-0.39, 0.29) is 25.9 Å². The fourth-order valence-corrected chi connectivity index (χ4v) is 4.14. The van der Waals surface area contributed by atoms with Crippen LogP contribution in [-0.4, -0.2) is 79.4 Å². The van der Waals surface area contributed by atoms with E-state index in [0.717, 1.165) is 62.7 Å². The Morgan fingerprint density at radius 3 is 2.00 bits per heavy atom. The Bertz CT molecular complexity index is 1080. The molecule has 0 aliphatic heterocycles. The van der Waals surface area contributed by atoms with Crippen LogP contribution in [0.1, 0.15) is 66.8 Å². The van der Waals surface area contributed by atoms with Gasteiger partial charge in [-0.3, -0.25) is 9.02 Å². The molecule has 0 fully saturated rings. The van der Waals surface area contributed by atoms with Crippen molar-refractivity contribution in [1.82, 2.24) is 5.48 Å². The number of hydroxylamine groups is 1. The van der Waals surface area contributed by atoms with Crippen molar-refractivity contribution < 1.29 is 36.9 Å². The van der Waals surface area contributed by atoms with Crippen LogP contribution in [0.4, 0.5) is 0 Å². The zero-order chi connectivity index (χ0) is 31.1. The van der Waals surface area contributed by atoms with Crippen LogP contribution in [0, 0.1) is 13.8 Å². The highest BCUT2D eigenvalue weighted by Gasteiger charge is 2.11. The summed E-state index contributed by atoms with van der Waals surface area (Å²) in [6.45, 7) is 5.97. The van der Waals surface area contributed by atoms with Crippen LogP contribution in [0.15, 0.2) is 53.7 Å². The minimum atomic E-state index is -3.44. The van der Waals surface area contributed by atoms with E-state index in [1.54, 1.807) is 14.2 Å². The van der Waals surface area contributed by atoms with Crippen molar-refractivity contribution >= 4 is 15.8 Å². The van der Waals surface area contributed by atoms with Crippen molar-refractivity contribution in [2.75, 3.05) is 60.1 Å². The third-order valence-electron chi connectivity index (χ3n) is 6.03. The Hall–Kier alpha value is -2.38. The topological polar surface area (TPSA) is 125 Å². The molecule has 2 aromatic carbocycles. The molecule has 0 aromatic heterocycles. The molecule has 2 rings (SSSR count). The molecule has 0 aliphatic carbocycles. The molecule has 42 heavy (non-hydrogen) atoms. The molecule has 1 atom stereocenters. The van der Waals surface area contributed by atoms with E-state index in [2.05, 4.69) is 46.0 Å². The van der Waals surface area contributed by atoms with Crippen molar-refractivity contribution in [2.45, 2.75) is 58.4 Å². The van der Waals surface area contributed by atoms with Gasteiger partial charge in [-0.15, -0.1) is 0 Å². The number of benzene rings is 2. The van der Waals surface area contributed by atoms with Crippen molar-refractivity contribution in [1.29, 1.82) is 0 Å². The lowest BCUT2D eigenvalue weighted by atomic mass is 10.0. The summed E-state index contributed by atoms with van der Waals surface area (Å²) in [5.74, 6) is 0. The zero-order valence-electron chi connectivity index (χ0n) is 25.8. The number of unbranched alkanes of at least 4 members (excludes halogenated alkanes) is 2. The predicted octanol–water partition coefficient (Wildman–Crippen LogP) is 4.87. The molecule has 0 bridgehead atoms. The normalized spacial score (nSPS) is 12.5. The number of rotatable bonds is 21. The highest BCUT2D eigenvalue weighted by atomic mass is 32.2. The van der Waals surface area contributed by atoms with Gasteiger partial charge >= 0.3 is 0 Å². The minimum absolute atomic E-state index is 0.0251. The van der Waals surface area contributed by atoms with Crippen LogP contribution in [0.25, 0.3) is 0 Å². The highest BCUT2D eigenvalue weighted by Crippen LogP contribution is 2.20. The first-order valence-electron chi connectivity index (χ1n) is 14.3. The molecule has 11 heteroatoms. The second kappa shape index (κ2) is 23.1. The fourth-order valence-electron chi connectivity index (χ4n) is 3.77. The van der Waals surface area contributed by atoms with E-state index in [1.165, 1.54) is 16.7 Å². The molecular weight excluding hydrogens is 560 g/mol. The van der Waals surface area contributed by atoms with E-state index in [9.17, 15) is 8.42 Å². The Morgan fingerprint density at radius 2 is 1.43 bits per heavy atom. The van der Waals surface area contributed by atoms with Gasteiger partial charge in [-0.05, 0) is 63.5 Å². The quantitative estimate of drug-likeness (QED) is 0.0881. The highest BCUT2D eigenvalue weighted by molar-refractivity contribution is 7.85. The summed E-state index contributed by atoms with van der Waals surface area (Å²) in [6, 6.07) is 16.6. The summed E-state index contributed by atoms with van der Waals surface area (Å²) >= 11 is 0. The number of methoxy groups -OCH3 is 2. The van der Waals surface area contributed by atoms with Gasteiger partial charge in [0.25, 0.3) is 10.1 Å². The smallest absolute Gasteiger partial charge is 0.264 e. The summed E-state index contributed by atoms with van der Waals surface area (Å²) in [7, 11) is -0.0419. The molecule has 238 valence electrons. The number of oxime groups is 1. The molecule has 0 radical (unpaired) electrons. The second-order valence-corrected chi connectivity index (χ2v) is 11.5. The number of nitrogens with one attached hydrogen (secondary N) is 1. The van der Waals surface area contributed by atoms with Crippen LogP contribution >= 0.6 is 0 Å². The van der Waals surface area contributed by atoms with Gasteiger partial charge in [0.05, 0.1) is 31.2 Å². The van der Waals surface area contributed by atoms with Gasteiger partial charge in [0.15, 0.2) is 0 Å². The van der Waals surface area contributed by atoms with Gasteiger partial charge in [-0.1, -0.05) is 64.8 Å². The lowest BCUT2D eigenvalue weighted by molar-refractivity contribution is -0.00636. The average molecular weight is 611 g/mol. The minimum Gasteiger partial charge on any atom is -0.394 e. The Balaban J connectivity index is 0.000000428. The van der Waals surface area contributed by atoms with Gasteiger partial charge in [-0.25, -0.2) is 0 Å². The largest absolute Gasteiger partial charge is 0.394 e. The van der Waals surface area contributed by atoms with Crippen molar-refractivity contribution in [2.24, 2.45) is 5.16 Å². The number of hydrogen-bond acceptors (Lipinski definition) is 10. The Morgan fingerprint density at radius 1 is 0.833 bits per heavy atom. The summed E-state index contributed by atoms with van der Waals surface area (Å²) < 4.78 is 36.4. The van der Waals surface area contributed by atoms with Gasteiger partial charge in [0.1, 0.15) is 13.2 Å². The molecule has 0 spiro atoms. The third-order valence-corrected chi connectivity index (χ3v) is 6.63. The second-order valence-electron chi connectivity index (χ2n) is 9.86. The van der Waals surface area contributed by atoms with E-state index in [0.29, 0.717) is 13.2 Å². The van der Waals surface area contributed by atoms with Gasteiger partial charge < -0.3 is 19.4 Å². The molecule has 10 nitrogen and oxygen atoms in total. The van der Waals surface area contributed by atoms with E-state index in [1.807, 2.05) is 31.2 Å². The van der Waals surface area contributed by atoms with Gasteiger partial charge in [0, 0.05) is 27.4 Å². The van der Waals surface area contributed by atoms with Crippen molar-refractivity contribution in [3.8, 4) is 0 Å². The number of aliphatic hydroxyl groups is 1. The maximum atomic E-state index is 10.9. The first-order valence-corrected chi connectivity index (χ1v) is 16.1. The van der Waals surface area contributed by atoms with Crippen LogP contribution < -0.4 is 5.48 Å². The molecule has 0 saturated heterocycles. The fraction of sp³-hybridized carbons (Fsp3) is 0.581. The zero-order valence-corrected chi connectivity index (χ0v) is 26.7. The summed E-state index contributed by atoms with van der Waals surface area (Å²) in [5, 5.41) is 12.9. The maximum absolute atomic E-state index is 10.9. The molecule has 0 amide bonds. The van der Waals surface area contributed by atoms with E-state index < -0.39 is 10.1 Å². The van der Waals surface area contributed by atoms with E-state index in [4.69, 9.17) is 24.3 Å². The number of nitrogens with zero attached hydrogens (tertiary/aromatic N) is 1. The van der Waals surface area contributed by atoms with Crippen LogP contribution in [0.2, 0.25) is 0 Å². The summed E-state index contributed by atoms with van der Waals surface area (Å²) in [5.41, 5.74) is 8.50. The van der Waals surface area contributed by atoms with Crippen LogP contribution in [0.3, 0.4) is 0 Å². The predicted molar refractivity (Wildman–Crippen MR) is 166 cm³/mol.